The number of thiazole rings is 1. The van der Waals surface area contributed by atoms with Gasteiger partial charge in [-0.3, -0.25) is 9.20 Å². The summed E-state index contributed by atoms with van der Waals surface area (Å²) in [5, 5.41) is 7.58. The molecule has 0 bridgehead atoms. The fourth-order valence-electron chi connectivity index (χ4n) is 5.26. The summed E-state index contributed by atoms with van der Waals surface area (Å²) in [5.74, 6) is -0.0285. The fraction of sp³-hybridized carbons (Fsp3) is 0.200. The van der Waals surface area contributed by atoms with Crippen LogP contribution in [-0.2, 0) is 0 Å². The van der Waals surface area contributed by atoms with Gasteiger partial charge in [0.05, 0.1) is 23.1 Å². The molecule has 4 aromatic heterocycles. The van der Waals surface area contributed by atoms with Gasteiger partial charge < -0.3 is 10.5 Å². The van der Waals surface area contributed by atoms with E-state index in [9.17, 15) is 4.79 Å². The van der Waals surface area contributed by atoms with E-state index in [-0.39, 0.29) is 23.2 Å². The Morgan fingerprint density at radius 2 is 1.95 bits per heavy atom. The van der Waals surface area contributed by atoms with Crippen LogP contribution >= 0.6 is 22.9 Å². The van der Waals surface area contributed by atoms with Crippen molar-refractivity contribution in [1.82, 2.24) is 24.1 Å². The van der Waals surface area contributed by atoms with Crippen molar-refractivity contribution in [2.45, 2.75) is 38.3 Å². The van der Waals surface area contributed by atoms with E-state index in [4.69, 9.17) is 27.2 Å². The Morgan fingerprint density at radius 1 is 1.15 bits per heavy atom. The molecular weight excluding hydrogens is 563 g/mol. The number of fused-ring (bicyclic) bond motifs is 2. The number of rotatable bonds is 7. The number of anilines is 1. The summed E-state index contributed by atoms with van der Waals surface area (Å²) in [6.07, 6.45) is 3.90. The molecule has 7 rings (SSSR count). The second kappa shape index (κ2) is 9.97. The Morgan fingerprint density at radius 3 is 2.68 bits per heavy atom. The minimum Gasteiger partial charge on any atom is -0.487 e. The average Bonchev–Trinajstić information content (AvgIpc) is 3.60. The predicted molar refractivity (Wildman–Crippen MR) is 159 cm³/mol. The standard InChI is InChI=1S/C30H24ClFN6O2S/c1-2-21(19-13-24-37(23(31)14-41-24)30(39)25(19)16-6-4-3-5-7-16)38-29-26(28(33)34-15-35-29)27(36-38)17-8-11-22(20(32)12-17)40-18-9-10-18/h3-8,11-15,18,21H,2,9-10H2,1H3,(H2,33,34,35). The smallest absolute Gasteiger partial charge is 0.265 e. The summed E-state index contributed by atoms with van der Waals surface area (Å²) in [5.41, 5.74) is 9.67. The molecule has 1 aliphatic carbocycles. The summed E-state index contributed by atoms with van der Waals surface area (Å²) < 4.78 is 24.1. The van der Waals surface area contributed by atoms with E-state index in [1.54, 1.807) is 22.2 Å². The summed E-state index contributed by atoms with van der Waals surface area (Å²) in [6.45, 7) is 2.02. The van der Waals surface area contributed by atoms with Crippen molar-refractivity contribution in [3.05, 3.63) is 93.2 Å². The first kappa shape index (κ1) is 25.7. The fourth-order valence-corrected chi connectivity index (χ4v) is 6.42. The van der Waals surface area contributed by atoms with E-state index in [1.807, 2.05) is 43.3 Å². The van der Waals surface area contributed by atoms with Crippen molar-refractivity contribution in [1.29, 1.82) is 0 Å². The summed E-state index contributed by atoms with van der Waals surface area (Å²) >= 11 is 7.82. The maximum atomic E-state index is 15.1. The van der Waals surface area contributed by atoms with Crippen LogP contribution in [-0.4, -0.2) is 30.3 Å². The van der Waals surface area contributed by atoms with Gasteiger partial charge in [-0.15, -0.1) is 11.3 Å². The first-order valence-electron chi connectivity index (χ1n) is 13.3. The molecule has 1 fully saturated rings. The molecule has 6 aromatic rings. The van der Waals surface area contributed by atoms with Gasteiger partial charge in [0.15, 0.2) is 17.2 Å². The van der Waals surface area contributed by atoms with Gasteiger partial charge in [0.2, 0.25) is 0 Å². The zero-order valence-electron chi connectivity index (χ0n) is 21.9. The van der Waals surface area contributed by atoms with E-state index in [1.165, 1.54) is 28.1 Å². The Kier molecular flexibility index (Phi) is 6.24. The maximum absolute atomic E-state index is 15.1. The molecule has 41 heavy (non-hydrogen) atoms. The van der Waals surface area contributed by atoms with Crippen molar-refractivity contribution in [2.24, 2.45) is 0 Å². The molecule has 0 radical (unpaired) electrons. The number of nitrogens with zero attached hydrogens (tertiary/aromatic N) is 5. The van der Waals surface area contributed by atoms with Gasteiger partial charge in [0.1, 0.15) is 27.8 Å². The van der Waals surface area contributed by atoms with Gasteiger partial charge >= 0.3 is 0 Å². The third-order valence-electron chi connectivity index (χ3n) is 7.34. The summed E-state index contributed by atoms with van der Waals surface area (Å²) in [6, 6.07) is 15.9. The lowest BCUT2D eigenvalue weighted by molar-refractivity contribution is 0.287. The minimum atomic E-state index is -0.473. The van der Waals surface area contributed by atoms with Crippen LogP contribution in [0.2, 0.25) is 5.15 Å². The highest BCUT2D eigenvalue weighted by atomic mass is 35.5. The molecular formula is C30H24ClFN6O2S. The van der Waals surface area contributed by atoms with E-state index in [0.29, 0.717) is 44.3 Å². The Balaban J connectivity index is 1.45. The topological polar surface area (TPSA) is 100 Å². The largest absolute Gasteiger partial charge is 0.487 e. The third-order valence-corrected chi connectivity index (χ3v) is 8.63. The average molecular weight is 587 g/mol. The molecule has 206 valence electrons. The highest BCUT2D eigenvalue weighted by Crippen LogP contribution is 2.39. The normalized spacial score (nSPS) is 14.1. The number of hydrogen-bond acceptors (Lipinski definition) is 7. The van der Waals surface area contributed by atoms with Crippen LogP contribution in [0, 0.1) is 5.82 Å². The Bertz CT molecular complexity index is 2000. The molecule has 1 unspecified atom stereocenters. The zero-order chi connectivity index (χ0) is 28.2. The van der Waals surface area contributed by atoms with Crippen LogP contribution < -0.4 is 16.0 Å². The van der Waals surface area contributed by atoms with Crippen molar-refractivity contribution >= 4 is 44.6 Å². The third kappa shape index (κ3) is 4.34. The van der Waals surface area contributed by atoms with Crippen LogP contribution in [0.4, 0.5) is 10.2 Å². The molecule has 0 amide bonds. The van der Waals surface area contributed by atoms with Gasteiger partial charge in [0.25, 0.3) is 5.56 Å². The molecule has 1 saturated carbocycles. The first-order valence-corrected chi connectivity index (χ1v) is 14.5. The molecule has 0 spiro atoms. The number of aromatic nitrogens is 5. The molecule has 0 aliphatic heterocycles. The van der Waals surface area contributed by atoms with E-state index >= 15 is 4.39 Å². The number of pyridine rings is 1. The highest BCUT2D eigenvalue weighted by molar-refractivity contribution is 7.16. The molecule has 2 N–H and O–H groups in total. The van der Waals surface area contributed by atoms with Crippen molar-refractivity contribution in [3.8, 4) is 28.1 Å². The summed E-state index contributed by atoms with van der Waals surface area (Å²) in [7, 11) is 0. The van der Waals surface area contributed by atoms with Crippen LogP contribution in [0.3, 0.4) is 0 Å². The quantitative estimate of drug-likeness (QED) is 0.222. The van der Waals surface area contributed by atoms with Gasteiger partial charge in [-0.2, -0.15) is 5.10 Å². The SMILES string of the molecule is CCC(c1cc2scc(Cl)n2c(=O)c1-c1ccccc1)n1nc(-c2ccc(OC3CC3)c(F)c2)c2c(N)ncnc21. The molecule has 11 heteroatoms. The zero-order valence-corrected chi connectivity index (χ0v) is 23.5. The Labute approximate surface area is 242 Å². The first-order chi connectivity index (χ1) is 19.9. The Hall–Kier alpha value is -4.28. The lowest BCUT2D eigenvalue weighted by Gasteiger charge is -2.20. The maximum Gasteiger partial charge on any atom is 0.265 e. The van der Waals surface area contributed by atoms with Gasteiger partial charge in [-0.1, -0.05) is 48.9 Å². The number of hydrogen-bond donors (Lipinski definition) is 1. The number of nitrogens with two attached hydrogens (primary N) is 1. The molecule has 1 atom stereocenters. The van der Waals surface area contributed by atoms with E-state index in [2.05, 4.69) is 9.97 Å². The number of halogens is 2. The molecule has 2 aromatic carbocycles. The molecule has 0 saturated heterocycles. The predicted octanol–water partition coefficient (Wildman–Crippen LogP) is 6.75. The number of ether oxygens (including phenoxy) is 1. The second-order valence-electron chi connectivity index (χ2n) is 10.0. The lowest BCUT2D eigenvalue weighted by Crippen LogP contribution is -2.21. The van der Waals surface area contributed by atoms with Gasteiger partial charge in [-0.25, -0.2) is 19.0 Å². The van der Waals surface area contributed by atoms with Crippen molar-refractivity contribution in [2.75, 3.05) is 5.73 Å². The van der Waals surface area contributed by atoms with Crippen molar-refractivity contribution < 1.29 is 9.13 Å². The van der Waals surface area contributed by atoms with Crippen LogP contribution in [0.5, 0.6) is 5.75 Å². The second-order valence-corrected chi connectivity index (χ2v) is 11.3. The van der Waals surface area contributed by atoms with Gasteiger partial charge in [0, 0.05) is 10.9 Å². The molecule has 1 aliphatic rings. The van der Waals surface area contributed by atoms with Crippen LogP contribution in [0.25, 0.3) is 38.2 Å². The molecule has 4 heterocycles. The number of benzene rings is 2. The summed E-state index contributed by atoms with van der Waals surface area (Å²) in [4.78, 5) is 23.4. The highest BCUT2D eigenvalue weighted by Gasteiger charge is 2.28. The van der Waals surface area contributed by atoms with Crippen LogP contribution in [0.1, 0.15) is 37.8 Å². The number of nitrogen functional groups attached to an aromatic ring is 1. The van der Waals surface area contributed by atoms with Gasteiger partial charge in [-0.05, 0) is 54.7 Å². The van der Waals surface area contributed by atoms with Crippen LogP contribution in [0.15, 0.2) is 71.1 Å². The lowest BCUT2D eigenvalue weighted by atomic mass is 9.95. The monoisotopic (exact) mass is 586 g/mol. The van der Waals surface area contributed by atoms with E-state index < -0.39 is 11.9 Å². The van der Waals surface area contributed by atoms with Crippen molar-refractivity contribution in [3.63, 3.8) is 0 Å². The minimum absolute atomic E-state index is 0.0724. The van der Waals surface area contributed by atoms with E-state index in [0.717, 1.165) is 24.0 Å². The molecule has 8 nitrogen and oxygen atoms in total.